The molecule has 0 atom stereocenters. The maximum atomic E-state index is 4.68. The zero-order valence-electron chi connectivity index (χ0n) is 11.2. The van der Waals surface area contributed by atoms with Crippen LogP contribution in [0.3, 0.4) is 0 Å². The summed E-state index contributed by atoms with van der Waals surface area (Å²) in [7, 11) is 0. The van der Waals surface area contributed by atoms with Crippen molar-refractivity contribution in [2.75, 3.05) is 11.9 Å². The maximum Gasteiger partial charge on any atom is 0.180 e. The number of aromatic nitrogens is 3. The highest BCUT2D eigenvalue weighted by molar-refractivity contribution is 5.57. The van der Waals surface area contributed by atoms with Crippen molar-refractivity contribution in [3.8, 4) is 11.5 Å². The van der Waals surface area contributed by atoms with E-state index in [0.717, 1.165) is 43.1 Å². The van der Waals surface area contributed by atoms with Crippen molar-refractivity contribution in [1.82, 2.24) is 15.0 Å². The van der Waals surface area contributed by atoms with Crippen LogP contribution in [0.25, 0.3) is 11.5 Å². The Labute approximate surface area is 113 Å². The number of aryl methyl sites for hydroxylation is 1. The van der Waals surface area contributed by atoms with Crippen molar-refractivity contribution in [2.24, 2.45) is 0 Å². The van der Waals surface area contributed by atoms with E-state index in [-0.39, 0.29) is 0 Å². The summed E-state index contributed by atoms with van der Waals surface area (Å²) in [5.74, 6) is 1.74. The Hall–Kier alpha value is -1.97. The molecule has 0 spiro atoms. The molecule has 3 rings (SSSR count). The van der Waals surface area contributed by atoms with E-state index >= 15 is 0 Å². The number of hydrogen-bond acceptors (Lipinski definition) is 4. The average Bonchev–Trinajstić information content (AvgIpc) is 2.94. The van der Waals surface area contributed by atoms with E-state index in [4.69, 9.17) is 0 Å². The molecule has 0 bridgehead atoms. The highest BCUT2D eigenvalue weighted by Gasteiger charge is 2.19. The van der Waals surface area contributed by atoms with Gasteiger partial charge in [-0.15, -0.1) is 0 Å². The lowest BCUT2D eigenvalue weighted by molar-refractivity contribution is 0.899. The van der Waals surface area contributed by atoms with Gasteiger partial charge in [-0.05, 0) is 37.8 Å². The first-order chi connectivity index (χ1) is 9.38. The maximum absolute atomic E-state index is 4.68. The van der Waals surface area contributed by atoms with Crippen molar-refractivity contribution < 1.29 is 0 Å². The van der Waals surface area contributed by atoms with Crippen molar-refractivity contribution in [3.63, 3.8) is 0 Å². The molecule has 2 heterocycles. The zero-order valence-corrected chi connectivity index (χ0v) is 11.2. The van der Waals surface area contributed by atoms with Gasteiger partial charge in [0.05, 0.1) is 0 Å². The number of rotatable bonds is 4. The number of anilines is 1. The van der Waals surface area contributed by atoms with Crippen molar-refractivity contribution in [2.45, 2.75) is 32.6 Å². The van der Waals surface area contributed by atoms with Gasteiger partial charge in [0.15, 0.2) is 5.82 Å². The van der Waals surface area contributed by atoms with Crippen molar-refractivity contribution >= 4 is 5.82 Å². The van der Waals surface area contributed by atoms with Crippen LogP contribution in [0.2, 0.25) is 0 Å². The van der Waals surface area contributed by atoms with Gasteiger partial charge in [-0.3, -0.25) is 4.98 Å². The van der Waals surface area contributed by atoms with Gasteiger partial charge in [-0.1, -0.05) is 13.0 Å². The second-order valence-corrected chi connectivity index (χ2v) is 4.82. The van der Waals surface area contributed by atoms with E-state index in [1.807, 2.05) is 18.2 Å². The van der Waals surface area contributed by atoms with E-state index in [1.54, 1.807) is 6.20 Å². The fourth-order valence-corrected chi connectivity index (χ4v) is 2.43. The molecule has 2 aromatic rings. The third-order valence-corrected chi connectivity index (χ3v) is 3.37. The minimum Gasteiger partial charge on any atom is -0.370 e. The highest BCUT2D eigenvalue weighted by atomic mass is 15.0. The summed E-state index contributed by atoms with van der Waals surface area (Å²) >= 11 is 0. The summed E-state index contributed by atoms with van der Waals surface area (Å²) < 4.78 is 0. The molecule has 0 radical (unpaired) electrons. The van der Waals surface area contributed by atoms with Crippen LogP contribution in [-0.2, 0) is 12.8 Å². The van der Waals surface area contributed by atoms with Gasteiger partial charge in [0, 0.05) is 24.0 Å². The summed E-state index contributed by atoms with van der Waals surface area (Å²) in [5, 5.41) is 3.43. The summed E-state index contributed by atoms with van der Waals surface area (Å²) in [6, 6.07) is 5.84. The van der Waals surface area contributed by atoms with E-state index in [2.05, 4.69) is 27.2 Å². The van der Waals surface area contributed by atoms with Crippen molar-refractivity contribution in [3.05, 3.63) is 35.7 Å². The first-order valence-corrected chi connectivity index (χ1v) is 6.93. The first-order valence-electron chi connectivity index (χ1n) is 6.93. The molecule has 0 unspecified atom stereocenters. The van der Waals surface area contributed by atoms with Gasteiger partial charge in [0.2, 0.25) is 0 Å². The predicted octanol–water partition coefficient (Wildman–Crippen LogP) is 2.85. The molecule has 1 N–H and O–H groups in total. The Bertz CT molecular complexity index is 566. The Morgan fingerprint density at radius 2 is 2.16 bits per heavy atom. The van der Waals surface area contributed by atoms with Gasteiger partial charge >= 0.3 is 0 Å². The Morgan fingerprint density at radius 1 is 1.21 bits per heavy atom. The van der Waals surface area contributed by atoms with Gasteiger partial charge in [-0.25, -0.2) is 9.97 Å². The largest absolute Gasteiger partial charge is 0.370 e. The molecular formula is C15H18N4. The third kappa shape index (κ3) is 2.43. The molecule has 0 saturated carbocycles. The van der Waals surface area contributed by atoms with E-state index in [9.17, 15) is 0 Å². The molecular weight excluding hydrogens is 236 g/mol. The van der Waals surface area contributed by atoms with E-state index in [0.29, 0.717) is 0 Å². The quantitative estimate of drug-likeness (QED) is 0.911. The van der Waals surface area contributed by atoms with Gasteiger partial charge in [-0.2, -0.15) is 0 Å². The predicted molar refractivity (Wildman–Crippen MR) is 76.1 cm³/mol. The smallest absolute Gasteiger partial charge is 0.180 e. The Kier molecular flexibility index (Phi) is 3.40. The van der Waals surface area contributed by atoms with Gasteiger partial charge in [0.1, 0.15) is 11.5 Å². The Morgan fingerprint density at radius 3 is 2.95 bits per heavy atom. The summed E-state index contributed by atoms with van der Waals surface area (Å²) in [6.45, 7) is 3.11. The lowest BCUT2D eigenvalue weighted by Gasteiger charge is -2.11. The topological polar surface area (TPSA) is 50.7 Å². The molecule has 0 aromatic carbocycles. The molecule has 0 aliphatic heterocycles. The van der Waals surface area contributed by atoms with Crippen LogP contribution in [-0.4, -0.2) is 21.5 Å². The molecule has 0 saturated heterocycles. The number of fused-ring (bicyclic) bond motifs is 1. The number of nitrogens with one attached hydrogen (secondary N) is 1. The van der Waals surface area contributed by atoms with Gasteiger partial charge in [0.25, 0.3) is 0 Å². The minimum atomic E-state index is 0.736. The molecule has 98 valence electrons. The van der Waals surface area contributed by atoms with Crippen LogP contribution in [0.5, 0.6) is 0 Å². The minimum absolute atomic E-state index is 0.736. The molecule has 1 aliphatic carbocycles. The standard InChI is InChI=1S/C15H18N4/c1-2-9-17-14-11-6-5-8-12(11)18-15(19-14)13-7-3-4-10-16-13/h3-4,7,10H,2,5-6,8-9H2,1H3,(H,17,18,19). The highest BCUT2D eigenvalue weighted by Crippen LogP contribution is 2.28. The second kappa shape index (κ2) is 5.34. The molecule has 19 heavy (non-hydrogen) atoms. The normalized spacial score (nSPS) is 13.3. The van der Waals surface area contributed by atoms with Crippen molar-refractivity contribution in [1.29, 1.82) is 0 Å². The fourth-order valence-electron chi connectivity index (χ4n) is 2.43. The van der Waals surface area contributed by atoms with Crippen LogP contribution in [0, 0.1) is 0 Å². The van der Waals surface area contributed by atoms with Crippen LogP contribution in [0.4, 0.5) is 5.82 Å². The lowest BCUT2D eigenvalue weighted by Crippen LogP contribution is -2.08. The molecule has 0 fully saturated rings. The Balaban J connectivity index is 2.02. The van der Waals surface area contributed by atoms with Crippen LogP contribution < -0.4 is 5.32 Å². The lowest BCUT2D eigenvalue weighted by atomic mass is 10.2. The van der Waals surface area contributed by atoms with E-state index < -0.39 is 0 Å². The first kappa shape index (κ1) is 12.1. The molecule has 1 aliphatic rings. The average molecular weight is 254 g/mol. The van der Waals surface area contributed by atoms with Crippen LogP contribution >= 0.6 is 0 Å². The number of pyridine rings is 1. The number of nitrogens with zero attached hydrogens (tertiary/aromatic N) is 3. The third-order valence-electron chi connectivity index (χ3n) is 3.37. The molecule has 4 nitrogen and oxygen atoms in total. The zero-order chi connectivity index (χ0) is 13.1. The number of hydrogen-bond donors (Lipinski definition) is 1. The molecule has 0 amide bonds. The SMILES string of the molecule is CCCNc1nc(-c2ccccn2)nc2c1CCC2. The fraction of sp³-hybridized carbons (Fsp3) is 0.400. The summed E-state index contributed by atoms with van der Waals surface area (Å²) in [6.07, 6.45) is 6.20. The van der Waals surface area contributed by atoms with Gasteiger partial charge < -0.3 is 5.32 Å². The van der Waals surface area contributed by atoms with Crippen LogP contribution in [0.15, 0.2) is 24.4 Å². The second-order valence-electron chi connectivity index (χ2n) is 4.82. The molecule has 4 heteroatoms. The van der Waals surface area contributed by atoms with Crippen LogP contribution in [0.1, 0.15) is 31.0 Å². The summed E-state index contributed by atoms with van der Waals surface area (Å²) in [5.41, 5.74) is 3.33. The summed E-state index contributed by atoms with van der Waals surface area (Å²) in [4.78, 5) is 13.7. The molecule has 2 aromatic heterocycles. The monoisotopic (exact) mass is 254 g/mol. The van der Waals surface area contributed by atoms with E-state index in [1.165, 1.54) is 17.7 Å².